The number of fused-ring (bicyclic) bond motifs is 1. The first kappa shape index (κ1) is 27.4. The van der Waals surface area contributed by atoms with Crippen molar-refractivity contribution in [3.8, 4) is 5.75 Å². The largest absolute Gasteiger partial charge is 0.534 e. The van der Waals surface area contributed by atoms with E-state index in [-0.39, 0.29) is 5.97 Å². The second-order valence-electron chi connectivity index (χ2n) is 8.93. The lowest BCUT2D eigenvalue weighted by Gasteiger charge is -2.28. The van der Waals surface area contributed by atoms with E-state index in [1.165, 1.54) is 24.3 Å². The standard InChI is InChI=1S/C26H26F3N3O5S/c1-32(24-11-9-21(16-31-24)37-38(34,35)26(27,28)29)20-8-10-22-17(4-3-5-18(22)14-20)6-7-19-15-30-13-12-23(19)25(33)36-2/h8-17H,3-7H2,1-2H3/t17-/m0/s1. The molecule has 0 N–H and O–H groups in total. The first-order valence-corrected chi connectivity index (χ1v) is 13.3. The van der Waals surface area contributed by atoms with E-state index in [9.17, 15) is 26.4 Å². The molecule has 202 valence electrons. The molecule has 0 amide bonds. The minimum atomic E-state index is -5.76. The summed E-state index contributed by atoms with van der Waals surface area (Å²) < 4.78 is 69.0. The molecule has 0 saturated carbocycles. The lowest BCUT2D eigenvalue weighted by molar-refractivity contribution is -0.0500. The van der Waals surface area contributed by atoms with Gasteiger partial charge in [-0.1, -0.05) is 6.07 Å². The number of ether oxygens (including phenoxy) is 1. The summed E-state index contributed by atoms with van der Waals surface area (Å²) in [6, 6.07) is 10.3. The van der Waals surface area contributed by atoms with Crippen LogP contribution >= 0.6 is 0 Å². The Hall–Kier alpha value is -3.67. The van der Waals surface area contributed by atoms with Crippen LogP contribution in [-0.2, 0) is 27.7 Å². The molecule has 2 heterocycles. The van der Waals surface area contributed by atoms with Gasteiger partial charge in [0, 0.05) is 25.1 Å². The number of halogens is 3. The Labute approximate surface area is 218 Å². The van der Waals surface area contributed by atoms with Crippen molar-refractivity contribution in [3.05, 3.63) is 77.2 Å². The van der Waals surface area contributed by atoms with Gasteiger partial charge in [-0.15, -0.1) is 0 Å². The number of esters is 1. The molecule has 0 fully saturated rings. The molecule has 2 aromatic heterocycles. The van der Waals surface area contributed by atoms with Gasteiger partial charge < -0.3 is 13.8 Å². The highest BCUT2D eigenvalue weighted by Crippen LogP contribution is 2.38. The second kappa shape index (κ2) is 11.0. The van der Waals surface area contributed by atoms with Crippen LogP contribution in [0.3, 0.4) is 0 Å². The van der Waals surface area contributed by atoms with Crippen LogP contribution in [0.2, 0.25) is 0 Å². The van der Waals surface area contributed by atoms with E-state index in [1.807, 2.05) is 6.07 Å². The van der Waals surface area contributed by atoms with E-state index in [2.05, 4.69) is 26.3 Å². The normalized spacial score (nSPS) is 15.4. The number of benzene rings is 1. The summed E-state index contributed by atoms with van der Waals surface area (Å²) in [4.78, 5) is 22.1. The quantitative estimate of drug-likeness (QED) is 0.212. The van der Waals surface area contributed by atoms with Gasteiger partial charge in [-0.2, -0.15) is 21.6 Å². The Kier molecular flexibility index (Phi) is 7.91. The van der Waals surface area contributed by atoms with Gasteiger partial charge in [-0.05, 0) is 85.0 Å². The van der Waals surface area contributed by atoms with Crippen LogP contribution in [-0.4, -0.2) is 44.0 Å². The zero-order chi connectivity index (χ0) is 27.5. The van der Waals surface area contributed by atoms with Gasteiger partial charge in [-0.3, -0.25) is 4.98 Å². The van der Waals surface area contributed by atoms with Crippen molar-refractivity contribution in [1.29, 1.82) is 0 Å². The monoisotopic (exact) mass is 549 g/mol. The second-order valence-corrected chi connectivity index (χ2v) is 10.5. The third kappa shape index (κ3) is 5.90. The van der Waals surface area contributed by atoms with Gasteiger partial charge in [-0.25, -0.2) is 9.78 Å². The number of carbonyl (C=O) groups is 1. The van der Waals surface area contributed by atoms with E-state index < -0.39 is 21.4 Å². The van der Waals surface area contributed by atoms with Crippen molar-refractivity contribution in [2.45, 2.75) is 43.5 Å². The molecule has 1 atom stereocenters. The fourth-order valence-corrected chi connectivity index (χ4v) is 5.05. The van der Waals surface area contributed by atoms with Crippen LogP contribution in [0.25, 0.3) is 0 Å². The van der Waals surface area contributed by atoms with Crippen LogP contribution in [0, 0.1) is 0 Å². The Morgan fingerprint density at radius 3 is 2.63 bits per heavy atom. The Morgan fingerprint density at radius 1 is 1.16 bits per heavy atom. The maximum Gasteiger partial charge on any atom is 0.534 e. The molecule has 3 aromatic rings. The third-order valence-electron chi connectivity index (χ3n) is 6.58. The van der Waals surface area contributed by atoms with Crippen LogP contribution in [0.4, 0.5) is 24.7 Å². The average molecular weight is 550 g/mol. The number of nitrogens with zero attached hydrogens (tertiary/aromatic N) is 3. The van der Waals surface area contributed by atoms with E-state index in [0.29, 0.717) is 23.7 Å². The van der Waals surface area contributed by atoms with Gasteiger partial charge in [0.2, 0.25) is 0 Å². The molecule has 1 aliphatic rings. The number of anilines is 2. The van der Waals surface area contributed by atoms with Crippen LogP contribution < -0.4 is 9.08 Å². The van der Waals surface area contributed by atoms with Crippen LogP contribution in [0.5, 0.6) is 5.75 Å². The Morgan fingerprint density at radius 2 is 1.95 bits per heavy atom. The lowest BCUT2D eigenvalue weighted by Crippen LogP contribution is -2.28. The van der Waals surface area contributed by atoms with Crippen molar-refractivity contribution in [2.75, 3.05) is 19.1 Å². The smallest absolute Gasteiger partial charge is 0.465 e. The number of aromatic nitrogens is 2. The molecule has 1 aliphatic carbocycles. The molecule has 0 radical (unpaired) electrons. The summed E-state index contributed by atoms with van der Waals surface area (Å²) >= 11 is 0. The number of carbonyl (C=O) groups excluding carboxylic acids is 1. The van der Waals surface area contributed by atoms with E-state index >= 15 is 0 Å². The number of hydrogen-bond donors (Lipinski definition) is 0. The number of rotatable bonds is 8. The Balaban J connectivity index is 1.47. The van der Waals surface area contributed by atoms with Gasteiger partial charge in [0.1, 0.15) is 5.82 Å². The SMILES string of the molecule is COC(=O)c1ccncc1CC[C@@H]1CCCc2cc(N(C)c3ccc(OS(=O)(=O)C(F)(F)F)cn3)ccc21. The molecule has 4 rings (SSSR count). The van der Waals surface area contributed by atoms with E-state index in [4.69, 9.17) is 4.74 Å². The minimum absolute atomic E-state index is 0.314. The van der Waals surface area contributed by atoms with Crippen molar-refractivity contribution in [3.63, 3.8) is 0 Å². The zero-order valence-electron chi connectivity index (χ0n) is 20.7. The fraction of sp³-hybridized carbons (Fsp3) is 0.346. The first-order valence-electron chi connectivity index (χ1n) is 11.8. The van der Waals surface area contributed by atoms with Crippen molar-refractivity contribution in [2.24, 2.45) is 0 Å². The van der Waals surface area contributed by atoms with Crippen molar-refractivity contribution >= 4 is 27.6 Å². The number of methoxy groups -OCH3 is 1. The lowest BCUT2D eigenvalue weighted by atomic mass is 9.79. The fourth-order valence-electron chi connectivity index (χ4n) is 4.60. The van der Waals surface area contributed by atoms with Gasteiger partial charge in [0.15, 0.2) is 5.75 Å². The molecule has 0 spiro atoms. The first-order chi connectivity index (χ1) is 18.0. The minimum Gasteiger partial charge on any atom is -0.465 e. The number of aryl methyl sites for hydroxylation is 2. The third-order valence-corrected chi connectivity index (χ3v) is 7.56. The molecule has 0 saturated heterocycles. The van der Waals surface area contributed by atoms with Crippen LogP contribution in [0.1, 0.15) is 52.2 Å². The molecule has 12 heteroatoms. The van der Waals surface area contributed by atoms with Gasteiger partial charge >= 0.3 is 21.6 Å². The van der Waals surface area contributed by atoms with Gasteiger partial charge in [0.25, 0.3) is 0 Å². The topological polar surface area (TPSA) is 98.7 Å². The molecular formula is C26H26F3N3O5S. The Bertz CT molecular complexity index is 1410. The highest BCUT2D eigenvalue weighted by atomic mass is 32.2. The predicted molar refractivity (Wildman–Crippen MR) is 134 cm³/mol. The summed E-state index contributed by atoms with van der Waals surface area (Å²) in [5.74, 6) is -0.194. The number of pyridine rings is 2. The highest BCUT2D eigenvalue weighted by Gasteiger charge is 2.48. The molecule has 0 aliphatic heterocycles. The van der Waals surface area contributed by atoms with Crippen molar-refractivity contribution < 1.29 is 35.3 Å². The summed E-state index contributed by atoms with van der Waals surface area (Å²) in [6.07, 6.45) is 8.70. The van der Waals surface area contributed by atoms with Crippen LogP contribution in [0.15, 0.2) is 55.0 Å². The average Bonchev–Trinajstić information content (AvgIpc) is 2.90. The van der Waals surface area contributed by atoms with E-state index in [0.717, 1.165) is 49.2 Å². The predicted octanol–water partition coefficient (Wildman–Crippen LogP) is 5.31. The molecule has 1 aromatic carbocycles. The number of alkyl halides is 3. The molecule has 8 nitrogen and oxygen atoms in total. The maximum absolute atomic E-state index is 12.5. The summed E-state index contributed by atoms with van der Waals surface area (Å²) in [7, 11) is -2.65. The molecule has 38 heavy (non-hydrogen) atoms. The number of hydrogen-bond acceptors (Lipinski definition) is 8. The molecule has 0 unspecified atom stereocenters. The summed E-state index contributed by atoms with van der Waals surface area (Å²) in [5, 5.41) is 0. The maximum atomic E-state index is 12.5. The molecular weight excluding hydrogens is 523 g/mol. The molecule has 0 bridgehead atoms. The van der Waals surface area contributed by atoms with Crippen molar-refractivity contribution in [1.82, 2.24) is 9.97 Å². The highest BCUT2D eigenvalue weighted by molar-refractivity contribution is 7.88. The summed E-state index contributed by atoms with van der Waals surface area (Å²) in [6.45, 7) is 0. The zero-order valence-corrected chi connectivity index (χ0v) is 21.6. The summed E-state index contributed by atoms with van der Waals surface area (Å²) in [5.41, 5.74) is -0.883. The van der Waals surface area contributed by atoms with Gasteiger partial charge in [0.05, 0.1) is 18.9 Å². The van der Waals surface area contributed by atoms with E-state index in [1.54, 1.807) is 30.4 Å².